The first kappa shape index (κ1) is 15.3. The first-order valence-electron chi connectivity index (χ1n) is 6.11. The van der Waals surface area contributed by atoms with Crippen molar-refractivity contribution < 1.29 is 21.6 Å². The lowest BCUT2D eigenvalue weighted by Gasteiger charge is -2.26. The lowest BCUT2D eigenvalue weighted by Crippen LogP contribution is -2.43. The molecular weight excluding hydrogens is 302 g/mol. The van der Waals surface area contributed by atoms with Crippen LogP contribution in [0.2, 0.25) is 0 Å². The molecule has 0 atom stereocenters. The van der Waals surface area contributed by atoms with Crippen molar-refractivity contribution in [2.75, 3.05) is 31.7 Å². The van der Waals surface area contributed by atoms with E-state index in [2.05, 4.69) is 0 Å². The summed E-state index contributed by atoms with van der Waals surface area (Å²) in [4.78, 5) is 0.192. The van der Waals surface area contributed by atoms with Gasteiger partial charge in [0, 0.05) is 13.1 Å². The van der Waals surface area contributed by atoms with Gasteiger partial charge in [0.25, 0.3) is 0 Å². The van der Waals surface area contributed by atoms with Crippen LogP contribution in [0, 0.1) is 6.92 Å². The minimum Gasteiger partial charge on any atom is -0.497 e. The van der Waals surface area contributed by atoms with Crippen LogP contribution in [0.5, 0.6) is 5.75 Å². The fourth-order valence-corrected chi connectivity index (χ4v) is 5.19. The van der Waals surface area contributed by atoms with Gasteiger partial charge >= 0.3 is 0 Å². The number of ether oxygens (including phenoxy) is 1. The highest BCUT2D eigenvalue weighted by atomic mass is 32.2. The third-order valence-corrected chi connectivity index (χ3v) is 6.97. The summed E-state index contributed by atoms with van der Waals surface area (Å²) in [6, 6.07) is 4.72. The van der Waals surface area contributed by atoms with Gasteiger partial charge in [-0.25, -0.2) is 16.8 Å². The van der Waals surface area contributed by atoms with Gasteiger partial charge in [0.05, 0.1) is 23.5 Å². The summed E-state index contributed by atoms with van der Waals surface area (Å²) in [5.41, 5.74) is 0.581. The molecule has 112 valence electrons. The highest BCUT2D eigenvalue weighted by Crippen LogP contribution is 2.25. The standard InChI is InChI=1S/C12H17NO5S2/c1-10-9-11(18-2)3-4-12(10)20(16,17)13-5-7-19(14,15)8-6-13/h3-4,9H,5-8H2,1-2H3. The quantitative estimate of drug-likeness (QED) is 0.807. The van der Waals surface area contributed by atoms with Crippen molar-refractivity contribution in [1.82, 2.24) is 4.31 Å². The Balaban J connectivity index is 2.32. The molecule has 0 amide bonds. The summed E-state index contributed by atoms with van der Waals surface area (Å²) in [5.74, 6) is 0.339. The topological polar surface area (TPSA) is 80.8 Å². The van der Waals surface area contributed by atoms with E-state index in [0.29, 0.717) is 11.3 Å². The highest BCUT2D eigenvalue weighted by Gasteiger charge is 2.32. The predicted octanol–water partition coefficient (Wildman–Crippen LogP) is 0.423. The average Bonchev–Trinajstić information content (AvgIpc) is 2.37. The van der Waals surface area contributed by atoms with Crippen molar-refractivity contribution in [2.24, 2.45) is 0 Å². The van der Waals surface area contributed by atoms with E-state index in [1.54, 1.807) is 19.1 Å². The van der Waals surface area contributed by atoms with Crippen molar-refractivity contribution in [3.05, 3.63) is 23.8 Å². The molecule has 2 rings (SSSR count). The summed E-state index contributed by atoms with van der Waals surface area (Å²) in [7, 11) is -5.25. The Hall–Kier alpha value is -1.12. The Labute approximate surface area is 119 Å². The molecule has 20 heavy (non-hydrogen) atoms. The molecule has 1 fully saturated rings. The lowest BCUT2D eigenvalue weighted by atomic mass is 10.2. The van der Waals surface area contributed by atoms with Gasteiger partial charge in [-0.15, -0.1) is 0 Å². The molecule has 0 saturated carbocycles. The van der Waals surface area contributed by atoms with Crippen LogP contribution >= 0.6 is 0 Å². The van der Waals surface area contributed by atoms with E-state index in [9.17, 15) is 16.8 Å². The van der Waals surface area contributed by atoms with Gasteiger partial charge in [-0.2, -0.15) is 4.31 Å². The average molecular weight is 319 g/mol. The molecule has 1 saturated heterocycles. The van der Waals surface area contributed by atoms with Gasteiger partial charge in [-0.1, -0.05) is 0 Å². The summed E-state index contributed by atoms with van der Waals surface area (Å²) in [5, 5.41) is 0. The van der Waals surface area contributed by atoms with Crippen LogP contribution in [0.25, 0.3) is 0 Å². The number of nitrogens with zero attached hydrogens (tertiary/aromatic N) is 1. The number of methoxy groups -OCH3 is 1. The lowest BCUT2D eigenvalue weighted by molar-refractivity contribution is 0.413. The van der Waals surface area contributed by atoms with E-state index in [0.717, 1.165) is 0 Å². The SMILES string of the molecule is COc1ccc(S(=O)(=O)N2CCS(=O)(=O)CC2)c(C)c1. The predicted molar refractivity (Wildman–Crippen MR) is 75.1 cm³/mol. The first-order chi connectivity index (χ1) is 9.26. The van der Waals surface area contributed by atoms with Crippen molar-refractivity contribution in [2.45, 2.75) is 11.8 Å². The number of benzene rings is 1. The zero-order valence-corrected chi connectivity index (χ0v) is 13.0. The van der Waals surface area contributed by atoms with E-state index in [1.165, 1.54) is 17.5 Å². The molecule has 0 spiro atoms. The molecule has 1 aromatic carbocycles. The monoisotopic (exact) mass is 319 g/mol. The Bertz CT molecular complexity index is 695. The van der Waals surface area contributed by atoms with Crippen LogP contribution in [-0.2, 0) is 19.9 Å². The summed E-state index contributed by atoms with van der Waals surface area (Å²) < 4.78 is 54.0. The Kier molecular flexibility index (Phi) is 4.08. The molecule has 6 nitrogen and oxygen atoms in total. The minimum atomic E-state index is -3.65. The minimum absolute atomic E-state index is 0.0101. The summed E-state index contributed by atoms with van der Waals surface area (Å²) >= 11 is 0. The normalized spacial score (nSPS) is 19.7. The summed E-state index contributed by atoms with van der Waals surface area (Å²) in [6.45, 7) is 1.71. The molecule has 0 N–H and O–H groups in total. The van der Waals surface area contributed by atoms with Gasteiger partial charge in [0.1, 0.15) is 5.75 Å². The number of hydrogen-bond acceptors (Lipinski definition) is 5. The van der Waals surface area contributed by atoms with Gasteiger partial charge in [-0.05, 0) is 30.7 Å². The fraction of sp³-hybridized carbons (Fsp3) is 0.500. The molecule has 1 aromatic rings. The van der Waals surface area contributed by atoms with E-state index < -0.39 is 19.9 Å². The highest BCUT2D eigenvalue weighted by molar-refractivity contribution is 7.92. The van der Waals surface area contributed by atoms with Crippen molar-refractivity contribution in [3.63, 3.8) is 0 Å². The molecule has 1 heterocycles. The third-order valence-electron chi connectivity index (χ3n) is 3.30. The molecule has 8 heteroatoms. The second-order valence-electron chi connectivity index (χ2n) is 4.69. The first-order valence-corrected chi connectivity index (χ1v) is 9.38. The Morgan fingerprint density at radius 1 is 1.20 bits per heavy atom. The molecule has 0 bridgehead atoms. The van der Waals surface area contributed by atoms with Crippen LogP contribution in [-0.4, -0.2) is 52.8 Å². The van der Waals surface area contributed by atoms with Crippen LogP contribution in [0.15, 0.2) is 23.1 Å². The smallest absolute Gasteiger partial charge is 0.243 e. The number of sulfone groups is 1. The van der Waals surface area contributed by atoms with Gasteiger partial charge in [0.2, 0.25) is 10.0 Å². The van der Waals surface area contributed by atoms with Crippen molar-refractivity contribution in [1.29, 1.82) is 0 Å². The zero-order valence-electron chi connectivity index (χ0n) is 11.4. The van der Waals surface area contributed by atoms with Crippen molar-refractivity contribution >= 4 is 19.9 Å². The van der Waals surface area contributed by atoms with Gasteiger partial charge < -0.3 is 4.74 Å². The van der Waals surface area contributed by atoms with Crippen LogP contribution < -0.4 is 4.74 Å². The molecular formula is C12H17NO5S2. The molecule has 0 aromatic heterocycles. The van der Waals surface area contributed by atoms with E-state index in [-0.39, 0.29) is 29.5 Å². The third kappa shape index (κ3) is 2.97. The Morgan fingerprint density at radius 3 is 2.30 bits per heavy atom. The van der Waals surface area contributed by atoms with Gasteiger partial charge in [0.15, 0.2) is 9.84 Å². The summed E-state index contributed by atoms with van der Waals surface area (Å²) in [6.07, 6.45) is 0. The largest absolute Gasteiger partial charge is 0.497 e. The number of hydrogen-bond donors (Lipinski definition) is 0. The maximum atomic E-state index is 12.5. The van der Waals surface area contributed by atoms with Gasteiger partial charge in [-0.3, -0.25) is 0 Å². The maximum absolute atomic E-state index is 12.5. The fourth-order valence-electron chi connectivity index (χ4n) is 2.11. The van der Waals surface area contributed by atoms with Crippen LogP contribution in [0.3, 0.4) is 0 Å². The molecule has 0 unspecified atom stereocenters. The van der Waals surface area contributed by atoms with Crippen LogP contribution in [0.4, 0.5) is 0 Å². The Morgan fingerprint density at radius 2 is 1.80 bits per heavy atom. The molecule has 0 radical (unpaired) electrons. The van der Waals surface area contributed by atoms with E-state index in [1.807, 2.05) is 0 Å². The second-order valence-corrected chi connectivity index (χ2v) is 8.90. The number of rotatable bonds is 3. The second kappa shape index (κ2) is 5.34. The molecule has 0 aliphatic carbocycles. The molecule has 1 aliphatic heterocycles. The molecule has 1 aliphatic rings. The van der Waals surface area contributed by atoms with E-state index >= 15 is 0 Å². The number of sulfonamides is 1. The zero-order chi connectivity index (χ0) is 15.0. The van der Waals surface area contributed by atoms with E-state index in [4.69, 9.17) is 4.74 Å². The van der Waals surface area contributed by atoms with Crippen molar-refractivity contribution in [3.8, 4) is 5.75 Å². The number of aryl methyl sites for hydroxylation is 1. The van der Waals surface area contributed by atoms with Crippen LogP contribution in [0.1, 0.15) is 5.56 Å². The maximum Gasteiger partial charge on any atom is 0.243 e.